The smallest absolute Gasteiger partial charge is 0.0991 e. The molecule has 4 rings (SSSR count). The molecular formula is C23H14BrN. The summed E-state index contributed by atoms with van der Waals surface area (Å²) < 4.78 is 1.11. The molecule has 0 aliphatic carbocycles. The third kappa shape index (κ3) is 2.95. The number of fused-ring (bicyclic) bond motifs is 1. The summed E-state index contributed by atoms with van der Waals surface area (Å²) in [6, 6.07) is 31.1. The van der Waals surface area contributed by atoms with E-state index in [1.165, 1.54) is 21.9 Å². The van der Waals surface area contributed by atoms with Crippen molar-refractivity contribution < 1.29 is 0 Å². The van der Waals surface area contributed by atoms with Crippen LogP contribution in [0.2, 0.25) is 0 Å². The van der Waals surface area contributed by atoms with Gasteiger partial charge < -0.3 is 0 Å². The van der Waals surface area contributed by atoms with Gasteiger partial charge in [0.05, 0.1) is 11.6 Å². The molecule has 0 aromatic heterocycles. The highest BCUT2D eigenvalue weighted by Gasteiger charge is 2.07. The second-order valence-electron chi connectivity index (χ2n) is 5.91. The lowest BCUT2D eigenvalue weighted by Crippen LogP contribution is -1.84. The minimum atomic E-state index is 0.682. The van der Waals surface area contributed by atoms with Gasteiger partial charge in [0.1, 0.15) is 0 Å². The predicted octanol–water partition coefficient (Wildman–Crippen LogP) is 6.81. The summed E-state index contributed by atoms with van der Waals surface area (Å²) in [5.41, 5.74) is 5.37. The summed E-state index contributed by atoms with van der Waals surface area (Å²) in [6.07, 6.45) is 0. The van der Waals surface area contributed by atoms with E-state index in [-0.39, 0.29) is 0 Å². The standard InChI is InChI=1S/C23H14BrN/c24-23-14-13-20(21-3-1-2-4-22(21)23)19-11-9-18(10-12-19)17-7-5-16(15-25)6-8-17/h1-14H. The summed E-state index contributed by atoms with van der Waals surface area (Å²) in [4.78, 5) is 0. The lowest BCUT2D eigenvalue weighted by Gasteiger charge is -2.10. The number of nitriles is 1. The molecule has 2 heteroatoms. The van der Waals surface area contributed by atoms with Crippen molar-refractivity contribution in [2.75, 3.05) is 0 Å². The van der Waals surface area contributed by atoms with Crippen LogP contribution in [0, 0.1) is 11.3 Å². The molecule has 0 aliphatic rings. The maximum absolute atomic E-state index is 8.91. The minimum Gasteiger partial charge on any atom is -0.192 e. The highest BCUT2D eigenvalue weighted by Crippen LogP contribution is 2.34. The minimum absolute atomic E-state index is 0.682. The average Bonchev–Trinajstić information content (AvgIpc) is 2.69. The molecule has 0 saturated carbocycles. The number of nitrogens with zero attached hydrogens (tertiary/aromatic N) is 1. The molecule has 25 heavy (non-hydrogen) atoms. The first-order valence-corrected chi connectivity index (χ1v) is 8.84. The van der Waals surface area contributed by atoms with E-state index in [4.69, 9.17) is 5.26 Å². The number of rotatable bonds is 2. The van der Waals surface area contributed by atoms with Crippen LogP contribution >= 0.6 is 15.9 Å². The molecule has 0 amide bonds. The van der Waals surface area contributed by atoms with Gasteiger partial charge in [0, 0.05) is 4.47 Å². The van der Waals surface area contributed by atoms with Gasteiger partial charge in [0.25, 0.3) is 0 Å². The first-order chi connectivity index (χ1) is 12.3. The predicted molar refractivity (Wildman–Crippen MR) is 107 cm³/mol. The van der Waals surface area contributed by atoms with Gasteiger partial charge >= 0.3 is 0 Å². The van der Waals surface area contributed by atoms with E-state index < -0.39 is 0 Å². The van der Waals surface area contributed by atoms with E-state index in [2.05, 4.69) is 82.7 Å². The van der Waals surface area contributed by atoms with Gasteiger partial charge in [-0.05, 0) is 51.2 Å². The third-order valence-electron chi connectivity index (χ3n) is 4.41. The van der Waals surface area contributed by atoms with Crippen LogP contribution in [0.5, 0.6) is 0 Å². The number of hydrogen-bond donors (Lipinski definition) is 0. The van der Waals surface area contributed by atoms with E-state index in [0.29, 0.717) is 5.56 Å². The van der Waals surface area contributed by atoms with Crippen molar-refractivity contribution >= 4 is 26.7 Å². The van der Waals surface area contributed by atoms with E-state index in [1.807, 2.05) is 24.3 Å². The first kappa shape index (κ1) is 15.6. The Morgan fingerprint density at radius 3 is 1.80 bits per heavy atom. The van der Waals surface area contributed by atoms with Crippen LogP contribution < -0.4 is 0 Å². The maximum atomic E-state index is 8.91. The van der Waals surface area contributed by atoms with Crippen LogP contribution in [0.3, 0.4) is 0 Å². The van der Waals surface area contributed by atoms with Gasteiger partial charge in [-0.3, -0.25) is 0 Å². The van der Waals surface area contributed by atoms with Crippen LogP contribution in [0.1, 0.15) is 5.56 Å². The van der Waals surface area contributed by atoms with Crippen molar-refractivity contribution in [2.45, 2.75) is 0 Å². The van der Waals surface area contributed by atoms with E-state index in [1.54, 1.807) is 0 Å². The van der Waals surface area contributed by atoms with Gasteiger partial charge in [0.15, 0.2) is 0 Å². The van der Waals surface area contributed by atoms with Crippen molar-refractivity contribution in [3.05, 3.63) is 95.0 Å². The van der Waals surface area contributed by atoms with Crippen molar-refractivity contribution in [2.24, 2.45) is 0 Å². The average molecular weight is 384 g/mol. The normalized spacial score (nSPS) is 10.6. The fourth-order valence-corrected chi connectivity index (χ4v) is 3.57. The Hall–Kier alpha value is -2.89. The molecule has 0 saturated heterocycles. The Labute approximate surface area is 155 Å². The monoisotopic (exact) mass is 383 g/mol. The molecule has 0 atom stereocenters. The highest BCUT2D eigenvalue weighted by atomic mass is 79.9. The molecule has 4 aromatic carbocycles. The molecule has 0 unspecified atom stereocenters. The SMILES string of the molecule is N#Cc1ccc(-c2ccc(-c3ccc(Br)c4ccccc34)cc2)cc1. The zero-order valence-corrected chi connectivity index (χ0v) is 15.0. The van der Waals surface area contributed by atoms with Crippen LogP contribution in [0.15, 0.2) is 89.4 Å². The van der Waals surface area contributed by atoms with E-state index in [9.17, 15) is 0 Å². The third-order valence-corrected chi connectivity index (χ3v) is 5.11. The Kier molecular flexibility index (Phi) is 4.09. The Morgan fingerprint density at radius 1 is 0.600 bits per heavy atom. The number of hydrogen-bond acceptors (Lipinski definition) is 1. The lowest BCUT2D eigenvalue weighted by atomic mass is 9.96. The summed E-state index contributed by atoms with van der Waals surface area (Å²) in [7, 11) is 0. The summed E-state index contributed by atoms with van der Waals surface area (Å²) in [5.74, 6) is 0. The molecule has 4 aromatic rings. The number of benzene rings is 4. The fourth-order valence-electron chi connectivity index (χ4n) is 3.09. The van der Waals surface area contributed by atoms with Gasteiger partial charge in [0.2, 0.25) is 0 Å². The lowest BCUT2D eigenvalue weighted by molar-refractivity contribution is 1.48. The van der Waals surface area contributed by atoms with Crippen molar-refractivity contribution in [3.8, 4) is 28.3 Å². The van der Waals surface area contributed by atoms with Gasteiger partial charge in [-0.15, -0.1) is 0 Å². The molecule has 118 valence electrons. The van der Waals surface area contributed by atoms with Crippen LogP contribution in [-0.2, 0) is 0 Å². The molecule has 0 N–H and O–H groups in total. The molecule has 1 nitrogen and oxygen atoms in total. The van der Waals surface area contributed by atoms with Crippen molar-refractivity contribution in [1.29, 1.82) is 5.26 Å². The van der Waals surface area contributed by atoms with Crippen molar-refractivity contribution in [1.82, 2.24) is 0 Å². The van der Waals surface area contributed by atoms with Crippen molar-refractivity contribution in [3.63, 3.8) is 0 Å². The largest absolute Gasteiger partial charge is 0.192 e. The molecule has 0 fully saturated rings. The van der Waals surface area contributed by atoms with Crippen LogP contribution in [-0.4, -0.2) is 0 Å². The zero-order valence-electron chi connectivity index (χ0n) is 13.4. The molecule has 0 spiro atoms. The zero-order chi connectivity index (χ0) is 17.2. The Morgan fingerprint density at radius 2 is 1.16 bits per heavy atom. The first-order valence-electron chi connectivity index (χ1n) is 8.04. The second kappa shape index (κ2) is 6.55. The maximum Gasteiger partial charge on any atom is 0.0991 e. The molecule has 0 aliphatic heterocycles. The number of halogens is 1. The van der Waals surface area contributed by atoms with Crippen LogP contribution in [0.4, 0.5) is 0 Å². The quantitative estimate of drug-likeness (QED) is 0.373. The molecule has 0 bridgehead atoms. The Balaban J connectivity index is 1.76. The van der Waals surface area contributed by atoms with E-state index >= 15 is 0 Å². The topological polar surface area (TPSA) is 23.8 Å². The molecule has 0 heterocycles. The van der Waals surface area contributed by atoms with E-state index in [0.717, 1.165) is 15.6 Å². The Bertz CT molecular complexity index is 1090. The fraction of sp³-hybridized carbons (Fsp3) is 0. The van der Waals surface area contributed by atoms with Gasteiger partial charge in [-0.1, -0.05) is 82.7 Å². The summed E-state index contributed by atoms with van der Waals surface area (Å²) >= 11 is 3.63. The van der Waals surface area contributed by atoms with Gasteiger partial charge in [-0.25, -0.2) is 0 Å². The van der Waals surface area contributed by atoms with Gasteiger partial charge in [-0.2, -0.15) is 5.26 Å². The highest BCUT2D eigenvalue weighted by molar-refractivity contribution is 9.10. The molecular weight excluding hydrogens is 370 g/mol. The summed E-state index contributed by atoms with van der Waals surface area (Å²) in [5, 5.41) is 11.4. The second-order valence-corrected chi connectivity index (χ2v) is 6.76. The molecule has 0 radical (unpaired) electrons. The summed E-state index contributed by atoms with van der Waals surface area (Å²) in [6.45, 7) is 0. The van der Waals surface area contributed by atoms with Crippen LogP contribution in [0.25, 0.3) is 33.0 Å².